The zero-order valence-corrected chi connectivity index (χ0v) is 33.7. The minimum Gasteiger partial charge on any atom is -0.354 e. The summed E-state index contributed by atoms with van der Waals surface area (Å²) in [6.07, 6.45) is 2.19. The minimum atomic E-state index is 0.457. The Labute approximate surface area is 360 Å². The first-order valence-corrected chi connectivity index (χ1v) is 20.8. The Bertz CT molecular complexity index is 3350. The van der Waals surface area contributed by atoms with Crippen molar-refractivity contribution in [2.24, 2.45) is 0 Å². The number of rotatable bonds is 8. The largest absolute Gasteiger partial charge is 0.354 e. The Morgan fingerprint density at radius 1 is 0.452 bits per heavy atom. The first kappa shape index (κ1) is 36.7. The first-order chi connectivity index (χ1) is 30.7. The van der Waals surface area contributed by atoms with Crippen LogP contribution in [0.3, 0.4) is 0 Å². The molecule has 1 aliphatic rings. The van der Waals surface area contributed by atoms with E-state index in [-0.39, 0.29) is 0 Å². The average Bonchev–Trinajstić information content (AvgIpc) is 3.69. The normalized spacial score (nSPS) is 13.0. The molecule has 0 aliphatic carbocycles. The summed E-state index contributed by atoms with van der Waals surface area (Å²) < 4.78 is 2.33. The highest BCUT2D eigenvalue weighted by atomic mass is 15.0. The zero-order valence-electron chi connectivity index (χ0n) is 33.7. The molecular weight excluding hydrogens is 755 g/mol. The van der Waals surface area contributed by atoms with Gasteiger partial charge in [-0.05, 0) is 59.2 Å². The molecule has 10 aromatic rings. The van der Waals surface area contributed by atoms with Gasteiger partial charge in [-0.25, -0.2) is 9.97 Å². The summed E-state index contributed by atoms with van der Waals surface area (Å²) in [5, 5.41) is 15.7. The van der Waals surface area contributed by atoms with E-state index in [1.807, 2.05) is 66.7 Å². The lowest BCUT2D eigenvalue weighted by Crippen LogP contribution is -2.20. The molecule has 2 aromatic heterocycles. The molecule has 0 bridgehead atoms. The van der Waals surface area contributed by atoms with Crippen LogP contribution in [0.1, 0.15) is 27.8 Å². The van der Waals surface area contributed by atoms with E-state index in [9.17, 15) is 5.41 Å². The smallest absolute Gasteiger partial charge is 0.160 e. The molecule has 3 heterocycles. The molecule has 11 rings (SSSR count). The number of hydrogen-bond acceptors (Lipinski definition) is 4. The molecule has 1 aliphatic heterocycles. The van der Waals surface area contributed by atoms with Gasteiger partial charge >= 0.3 is 0 Å². The Kier molecular flexibility index (Phi) is 9.25. The molecule has 0 atom stereocenters. The molecule has 5 nitrogen and oxygen atoms in total. The van der Waals surface area contributed by atoms with Crippen LogP contribution in [0.2, 0.25) is 0 Å². The molecule has 0 radical (unpaired) electrons. The van der Waals surface area contributed by atoms with Gasteiger partial charge in [-0.3, -0.25) is 5.41 Å². The van der Waals surface area contributed by atoms with Gasteiger partial charge in [-0.1, -0.05) is 182 Å². The minimum absolute atomic E-state index is 0.457. The van der Waals surface area contributed by atoms with Gasteiger partial charge in [0.25, 0.3) is 0 Å². The van der Waals surface area contributed by atoms with Crippen molar-refractivity contribution in [2.45, 2.75) is 0 Å². The van der Waals surface area contributed by atoms with Crippen molar-refractivity contribution in [1.29, 1.82) is 5.41 Å². The van der Waals surface area contributed by atoms with Gasteiger partial charge in [0.2, 0.25) is 0 Å². The number of para-hydroxylation sites is 2. The molecule has 62 heavy (non-hydrogen) atoms. The standard InChI is InChI=1S/C57H39N5/c58-55(41-21-9-3-10-22-41)54(40-19-7-2-8-20-40)56-46-26-14-13-23-43(46)36-49(59-56)39-29-31-42(32-30-39)57-60-50(38-17-5-1-6-18-38)37-51(61-57)44-33-34-53-48(35-44)47-27-15-16-28-52(47)62(53)45-24-11-4-12-25-45/h1-37,58-59H/b56-54-,58-55?. The summed E-state index contributed by atoms with van der Waals surface area (Å²) in [5.74, 6) is 0.652. The lowest BCUT2D eigenvalue weighted by Gasteiger charge is -2.26. The summed E-state index contributed by atoms with van der Waals surface area (Å²) in [7, 11) is 0. The number of nitrogens with one attached hydrogen (secondary N) is 2. The predicted molar refractivity (Wildman–Crippen MR) is 257 cm³/mol. The fraction of sp³-hybridized carbons (Fsp3) is 0. The number of hydrogen-bond donors (Lipinski definition) is 2. The SMILES string of the molecule is N=C(/C(=C1\NC(c2ccc(-c3nc(-c4ccccc4)cc(-c4ccc5c(c4)c4ccccc4n5-c4ccccc4)n3)cc2)=Cc2ccccc21)c1ccccc1)c1ccccc1. The van der Waals surface area contributed by atoms with Gasteiger partial charge in [0.05, 0.1) is 33.8 Å². The third-order valence-corrected chi connectivity index (χ3v) is 11.6. The number of aromatic nitrogens is 3. The third-order valence-electron chi connectivity index (χ3n) is 11.6. The Hall–Kier alpha value is -8.41. The molecule has 292 valence electrons. The summed E-state index contributed by atoms with van der Waals surface area (Å²) in [4.78, 5) is 10.4. The van der Waals surface area contributed by atoms with Gasteiger partial charge in [0.15, 0.2) is 5.82 Å². The highest BCUT2D eigenvalue weighted by molar-refractivity contribution is 6.36. The molecule has 5 heteroatoms. The van der Waals surface area contributed by atoms with Crippen molar-refractivity contribution in [2.75, 3.05) is 0 Å². The summed E-state index contributed by atoms with van der Waals surface area (Å²) in [6.45, 7) is 0. The molecule has 8 aromatic carbocycles. The highest BCUT2D eigenvalue weighted by Gasteiger charge is 2.24. The second-order valence-electron chi connectivity index (χ2n) is 15.5. The van der Waals surface area contributed by atoms with Crippen molar-refractivity contribution >= 4 is 50.6 Å². The van der Waals surface area contributed by atoms with Crippen LogP contribution in [0.25, 0.3) is 84.4 Å². The molecule has 0 amide bonds. The highest BCUT2D eigenvalue weighted by Crippen LogP contribution is 2.38. The van der Waals surface area contributed by atoms with E-state index in [1.165, 1.54) is 16.3 Å². The van der Waals surface area contributed by atoms with Crippen molar-refractivity contribution < 1.29 is 0 Å². The number of allylic oxidation sites excluding steroid dienone is 1. The topological polar surface area (TPSA) is 66.6 Å². The fourth-order valence-electron chi connectivity index (χ4n) is 8.63. The summed E-state index contributed by atoms with van der Waals surface area (Å²) >= 11 is 0. The zero-order chi connectivity index (χ0) is 41.4. The van der Waals surface area contributed by atoms with Crippen LogP contribution in [0, 0.1) is 5.41 Å². The number of nitrogens with zero attached hydrogens (tertiary/aromatic N) is 3. The van der Waals surface area contributed by atoms with E-state index in [2.05, 4.69) is 168 Å². The van der Waals surface area contributed by atoms with Gasteiger partial charge in [0.1, 0.15) is 0 Å². The quantitative estimate of drug-likeness (QED) is 0.151. The van der Waals surface area contributed by atoms with Crippen molar-refractivity contribution in [3.8, 4) is 39.6 Å². The Morgan fingerprint density at radius 2 is 1.02 bits per heavy atom. The van der Waals surface area contributed by atoms with Crippen LogP contribution in [0.4, 0.5) is 0 Å². The van der Waals surface area contributed by atoms with Crippen LogP contribution in [0.5, 0.6) is 0 Å². The van der Waals surface area contributed by atoms with E-state index >= 15 is 0 Å². The van der Waals surface area contributed by atoms with E-state index in [0.29, 0.717) is 11.5 Å². The molecule has 0 spiro atoms. The van der Waals surface area contributed by atoms with E-state index < -0.39 is 0 Å². The van der Waals surface area contributed by atoms with Crippen LogP contribution >= 0.6 is 0 Å². The van der Waals surface area contributed by atoms with Crippen LogP contribution < -0.4 is 5.32 Å². The van der Waals surface area contributed by atoms with E-state index in [0.717, 1.165) is 84.1 Å². The monoisotopic (exact) mass is 793 g/mol. The van der Waals surface area contributed by atoms with Crippen LogP contribution in [-0.2, 0) is 0 Å². The maximum Gasteiger partial charge on any atom is 0.160 e. The molecule has 0 unspecified atom stereocenters. The molecule has 0 saturated heterocycles. The third kappa shape index (κ3) is 6.68. The number of benzene rings is 8. The van der Waals surface area contributed by atoms with Crippen LogP contribution in [-0.4, -0.2) is 20.2 Å². The molecule has 0 saturated carbocycles. The van der Waals surface area contributed by atoms with E-state index in [4.69, 9.17) is 9.97 Å². The first-order valence-electron chi connectivity index (χ1n) is 20.8. The summed E-state index contributed by atoms with van der Waals surface area (Å²) in [5.41, 5.74) is 16.2. The maximum atomic E-state index is 9.53. The van der Waals surface area contributed by atoms with E-state index in [1.54, 1.807) is 0 Å². The van der Waals surface area contributed by atoms with Crippen molar-refractivity contribution in [1.82, 2.24) is 19.9 Å². The van der Waals surface area contributed by atoms with Crippen LogP contribution in [0.15, 0.2) is 218 Å². The maximum absolute atomic E-state index is 9.53. The van der Waals surface area contributed by atoms with Gasteiger partial charge < -0.3 is 9.88 Å². The van der Waals surface area contributed by atoms with Crippen molar-refractivity contribution in [3.05, 3.63) is 246 Å². The second-order valence-corrected chi connectivity index (χ2v) is 15.5. The fourth-order valence-corrected chi connectivity index (χ4v) is 8.63. The lowest BCUT2D eigenvalue weighted by atomic mass is 9.88. The molecular formula is C57H39N5. The Morgan fingerprint density at radius 3 is 1.76 bits per heavy atom. The molecule has 0 fully saturated rings. The lowest BCUT2D eigenvalue weighted by molar-refractivity contribution is 1.17. The Balaban J connectivity index is 1.01. The second kappa shape index (κ2) is 15.6. The van der Waals surface area contributed by atoms with Gasteiger partial charge in [-0.15, -0.1) is 0 Å². The van der Waals surface area contributed by atoms with Gasteiger partial charge in [0, 0.05) is 55.5 Å². The number of fused-ring (bicyclic) bond motifs is 4. The van der Waals surface area contributed by atoms with Gasteiger partial charge in [-0.2, -0.15) is 0 Å². The van der Waals surface area contributed by atoms with Crippen molar-refractivity contribution in [3.63, 3.8) is 0 Å². The molecule has 2 N–H and O–H groups in total. The average molecular weight is 794 g/mol. The predicted octanol–water partition coefficient (Wildman–Crippen LogP) is 13.6. The summed E-state index contributed by atoms with van der Waals surface area (Å²) in [6, 6.07) is 75.3.